The number of nitrogens with one attached hydrogen (secondary N) is 3. The van der Waals surface area contributed by atoms with Gasteiger partial charge in [-0.25, -0.2) is 14.4 Å². The summed E-state index contributed by atoms with van der Waals surface area (Å²) in [5.41, 5.74) is -1.51. The molecule has 4 rings (SSSR count). The van der Waals surface area contributed by atoms with Crippen molar-refractivity contribution in [3.8, 4) is 0 Å². The highest BCUT2D eigenvalue weighted by Gasteiger charge is 2.51. The van der Waals surface area contributed by atoms with Crippen LogP contribution in [0.15, 0.2) is 48.9 Å². The Morgan fingerprint density at radius 2 is 1.73 bits per heavy atom. The molecule has 0 atom stereocenters. The average Bonchev–Trinajstić information content (AvgIpc) is 3.64. The van der Waals surface area contributed by atoms with Gasteiger partial charge in [-0.2, -0.15) is 13.2 Å². The maximum absolute atomic E-state index is 13.3. The van der Waals surface area contributed by atoms with Crippen LogP contribution in [0.4, 0.5) is 28.9 Å². The number of aromatic nitrogens is 3. The second-order valence-corrected chi connectivity index (χ2v) is 9.05. The molecule has 2 aromatic heterocycles. The largest absolute Gasteiger partial charge is 0.418 e. The van der Waals surface area contributed by atoms with E-state index in [1.165, 1.54) is 30.7 Å². The molecule has 2 heterocycles. The van der Waals surface area contributed by atoms with Crippen molar-refractivity contribution >= 4 is 23.2 Å². The van der Waals surface area contributed by atoms with Crippen LogP contribution in [0.3, 0.4) is 0 Å². The van der Waals surface area contributed by atoms with Crippen LogP contribution in [-0.2, 0) is 17.5 Å². The Balaban J connectivity index is 1.33. The van der Waals surface area contributed by atoms with E-state index in [9.17, 15) is 27.2 Å². The summed E-state index contributed by atoms with van der Waals surface area (Å²) >= 11 is 0. The Bertz CT molecular complexity index is 1290. The Kier molecular flexibility index (Phi) is 7.10. The lowest BCUT2D eigenvalue weighted by Gasteiger charge is -2.17. The molecule has 2 amide bonds. The Morgan fingerprint density at radius 1 is 1.03 bits per heavy atom. The van der Waals surface area contributed by atoms with Gasteiger partial charge in [0.15, 0.2) is 0 Å². The molecule has 1 saturated carbocycles. The Hall–Kier alpha value is -4.09. The normalized spacial score (nSPS) is 14.2. The number of nitrogens with zero attached hydrogens (tertiary/aromatic N) is 3. The topological polar surface area (TPSA) is 109 Å². The molecule has 194 valence electrons. The molecule has 37 heavy (non-hydrogen) atoms. The molecule has 8 nitrogen and oxygen atoms in total. The fourth-order valence-corrected chi connectivity index (χ4v) is 3.54. The van der Waals surface area contributed by atoms with E-state index in [-0.39, 0.29) is 35.3 Å². The molecule has 0 aliphatic heterocycles. The van der Waals surface area contributed by atoms with Crippen molar-refractivity contribution in [1.82, 2.24) is 25.6 Å². The molecule has 1 fully saturated rings. The predicted molar refractivity (Wildman–Crippen MR) is 126 cm³/mol. The van der Waals surface area contributed by atoms with Gasteiger partial charge in [0.05, 0.1) is 40.9 Å². The van der Waals surface area contributed by atoms with Crippen LogP contribution in [0.1, 0.15) is 60.0 Å². The zero-order valence-corrected chi connectivity index (χ0v) is 20.0. The number of carbonyl (C=O) groups is 2. The number of carbonyl (C=O) groups excluding carboxylic acids is 2. The van der Waals surface area contributed by atoms with Gasteiger partial charge in [0.2, 0.25) is 5.91 Å². The summed E-state index contributed by atoms with van der Waals surface area (Å²) in [5.74, 6) is -1.08. The zero-order chi connectivity index (χ0) is 26.8. The lowest BCUT2D eigenvalue weighted by atomic mass is 10.1. The lowest BCUT2D eigenvalue weighted by molar-refractivity contribution is -0.137. The molecule has 0 unspecified atom stereocenters. The molecule has 0 bridgehead atoms. The third-order valence-corrected chi connectivity index (χ3v) is 5.81. The minimum atomic E-state index is -4.74. The highest BCUT2D eigenvalue weighted by atomic mass is 19.4. The minimum absolute atomic E-state index is 0.0489. The van der Waals surface area contributed by atoms with Gasteiger partial charge in [-0.15, -0.1) is 0 Å². The van der Waals surface area contributed by atoms with Gasteiger partial charge in [-0.3, -0.25) is 14.6 Å². The SMILES string of the molecule is CC(C)c1ncc(C(=O)NC2(C(=O)NCc3ccc(Nc4ccc(F)cc4C(F)(F)F)cn3)CC2)cn1. The Morgan fingerprint density at radius 3 is 2.30 bits per heavy atom. The molecule has 1 aromatic carbocycles. The number of pyridine rings is 1. The van der Waals surface area contributed by atoms with E-state index >= 15 is 0 Å². The van der Waals surface area contributed by atoms with Crippen molar-refractivity contribution < 1.29 is 27.2 Å². The number of benzene rings is 1. The lowest BCUT2D eigenvalue weighted by Crippen LogP contribution is -2.48. The summed E-state index contributed by atoms with van der Waals surface area (Å²) in [6.07, 6.45) is 0.376. The first-order valence-corrected chi connectivity index (χ1v) is 11.5. The van der Waals surface area contributed by atoms with Crippen LogP contribution in [0.25, 0.3) is 0 Å². The first kappa shape index (κ1) is 26.0. The summed E-state index contributed by atoms with van der Waals surface area (Å²) < 4.78 is 52.9. The van der Waals surface area contributed by atoms with Crippen molar-refractivity contribution in [3.05, 3.63) is 77.4 Å². The number of rotatable bonds is 8. The third kappa shape index (κ3) is 6.19. The van der Waals surface area contributed by atoms with Crippen molar-refractivity contribution in [3.63, 3.8) is 0 Å². The van der Waals surface area contributed by atoms with E-state index < -0.39 is 29.0 Å². The second-order valence-electron chi connectivity index (χ2n) is 9.05. The number of amides is 2. The summed E-state index contributed by atoms with van der Waals surface area (Å²) in [6.45, 7) is 3.92. The van der Waals surface area contributed by atoms with Crippen molar-refractivity contribution in [2.24, 2.45) is 0 Å². The third-order valence-electron chi connectivity index (χ3n) is 5.81. The van der Waals surface area contributed by atoms with Gasteiger partial charge >= 0.3 is 6.18 Å². The highest BCUT2D eigenvalue weighted by Crippen LogP contribution is 2.37. The average molecular weight is 516 g/mol. The van der Waals surface area contributed by atoms with Crippen molar-refractivity contribution in [1.29, 1.82) is 0 Å². The smallest absolute Gasteiger partial charge is 0.354 e. The second kappa shape index (κ2) is 10.1. The van der Waals surface area contributed by atoms with E-state index in [4.69, 9.17) is 0 Å². The van der Waals surface area contributed by atoms with E-state index in [0.717, 1.165) is 12.1 Å². The van der Waals surface area contributed by atoms with E-state index in [1.807, 2.05) is 13.8 Å². The maximum Gasteiger partial charge on any atom is 0.418 e. The molecular formula is C25H24F4N6O2. The molecule has 0 saturated heterocycles. The van der Waals surface area contributed by atoms with E-state index in [0.29, 0.717) is 30.4 Å². The van der Waals surface area contributed by atoms with Crippen LogP contribution in [0.5, 0.6) is 0 Å². The number of hydrogen-bond acceptors (Lipinski definition) is 6. The predicted octanol–water partition coefficient (Wildman–Crippen LogP) is 4.48. The summed E-state index contributed by atoms with van der Waals surface area (Å²) in [4.78, 5) is 37.8. The molecule has 1 aliphatic carbocycles. The first-order valence-electron chi connectivity index (χ1n) is 11.5. The van der Waals surface area contributed by atoms with E-state index in [2.05, 4.69) is 30.9 Å². The van der Waals surface area contributed by atoms with Crippen LogP contribution in [0, 0.1) is 5.82 Å². The summed E-state index contributed by atoms with van der Waals surface area (Å²) in [6, 6.07) is 5.37. The minimum Gasteiger partial charge on any atom is -0.354 e. The first-order chi connectivity index (χ1) is 17.5. The van der Waals surface area contributed by atoms with Crippen molar-refractivity contribution in [2.75, 3.05) is 5.32 Å². The molecule has 0 spiro atoms. The molecular weight excluding hydrogens is 492 g/mol. The van der Waals surface area contributed by atoms with Gasteiger partial charge in [0, 0.05) is 18.3 Å². The van der Waals surface area contributed by atoms with Crippen LogP contribution in [-0.4, -0.2) is 32.3 Å². The maximum atomic E-state index is 13.3. The summed E-state index contributed by atoms with van der Waals surface area (Å²) in [5, 5.41) is 8.06. The molecule has 3 aromatic rings. The van der Waals surface area contributed by atoms with Gasteiger partial charge in [0.1, 0.15) is 17.2 Å². The zero-order valence-electron chi connectivity index (χ0n) is 20.0. The molecule has 0 radical (unpaired) electrons. The standard InChI is InChI=1S/C25H24F4N6O2/c1-14(2)21-31-10-15(11-32-21)22(36)35-24(7-8-24)23(37)33-12-17-4-5-18(13-30-17)34-20-6-3-16(26)9-19(20)25(27,28)29/h3-6,9-11,13-14,34H,7-8,12H2,1-2H3,(H,33,37)(H,35,36). The number of hydrogen-bond donors (Lipinski definition) is 3. The van der Waals surface area contributed by atoms with Crippen molar-refractivity contribution in [2.45, 2.75) is 50.9 Å². The number of alkyl halides is 3. The number of halogens is 4. The number of anilines is 2. The van der Waals surface area contributed by atoms with Gasteiger partial charge in [-0.1, -0.05) is 13.8 Å². The van der Waals surface area contributed by atoms with Gasteiger partial charge in [0.25, 0.3) is 5.91 Å². The van der Waals surface area contributed by atoms with Crippen LogP contribution >= 0.6 is 0 Å². The van der Waals surface area contributed by atoms with Gasteiger partial charge in [-0.05, 0) is 43.2 Å². The molecule has 12 heteroatoms. The quantitative estimate of drug-likeness (QED) is 0.381. The fraction of sp³-hybridized carbons (Fsp3) is 0.320. The monoisotopic (exact) mass is 516 g/mol. The van der Waals surface area contributed by atoms with Crippen LogP contribution < -0.4 is 16.0 Å². The Labute approximate surface area is 209 Å². The van der Waals surface area contributed by atoms with Crippen LogP contribution in [0.2, 0.25) is 0 Å². The van der Waals surface area contributed by atoms with E-state index in [1.54, 1.807) is 0 Å². The highest BCUT2D eigenvalue weighted by molar-refractivity contribution is 6.00. The molecule has 3 N–H and O–H groups in total. The fourth-order valence-electron chi connectivity index (χ4n) is 3.54. The van der Waals surface area contributed by atoms with Gasteiger partial charge < -0.3 is 16.0 Å². The molecule has 1 aliphatic rings. The summed E-state index contributed by atoms with van der Waals surface area (Å²) in [7, 11) is 0.